The third-order valence-electron chi connectivity index (χ3n) is 3.36. The molecule has 0 aliphatic heterocycles. The van der Waals surface area contributed by atoms with E-state index < -0.39 is 11.1 Å². The number of ether oxygens (including phenoxy) is 1. The van der Waals surface area contributed by atoms with Gasteiger partial charge in [0.15, 0.2) is 0 Å². The van der Waals surface area contributed by atoms with E-state index in [0.29, 0.717) is 11.5 Å². The van der Waals surface area contributed by atoms with Crippen molar-refractivity contribution in [2.45, 2.75) is 64.0 Å². The van der Waals surface area contributed by atoms with E-state index in [1.807, 2.05) is 27.7 Å². The summed E-state index contributed by atoms with van der Waals surface area (Å²) in [6, 6.07) is 2.60. The Morgan fingerprint density at radius 1 is 1.35 bits per heavy atom. The number of unbranched alkanes of at least 4 members (excludes halogenated alkanes) is 1. The lowest BCUT2D eigenvalue weighted by atomic mass is 9.92. The number of thioether (sulfide) groups is 1. The van der Waals surface area contributed by atoms with Crippen LogP contribution in [0.25, 0.3) is 0 Å². The van der Waals surface area contributed by atoms with Gasteiger partial charge in [0.2, 0.25) is 5.91 Å². The number of anilines is 1. The van der Waals surface area contributed by atoms with Crippen molar-refractivity contribution in [3.05, 3.63) is 23.0 Å². The Morgan fingerprint density at radius 3 is 2.58 bits per heavy atom. The molecular weight excluding hydrogens is 377 g/mol. The molecule has 0 radical (unpaired) electrons. The van der Waals surface area contributed by atoms with Crippen molar-refractivity contribution in [1.82, 2.24) is 0 Å². The van der Waals surface area contributed by atoms with Gasteiger partial charge in [-0.2, -0.15) is 0 Å². The molecular formula is C19H27ClFNO3S. The average Bonchev–Trinajstić information content (AvgIpc) is 2.50. The Kier molecular flexibility index (Phi) is 8.90. The molecule has 0 heterocycles. The molecule has 26 heavy (non-hydrogen) atoms. The molecule has 0 saturated heterocycles. The zero-order valence-corrected chi connectivity index (χ0v) is 17.5. The fraction of sp³-hybridized carbons (Fsp3) is 0.579. The van der Waals surface area contributed by atoms with Gasteiger partial charge < -0.3 is 10.1 Å². The van der Waals surface area contributed by atoms with Gasteiger partial charge in [-0.15, -0.1) is 11.8 Å². The summed E-state index contributed by atoms with van der Waals surface area (Å²) in [5.74, 6) is -1.23. The van der Waals surface area contributed by atoms with Crippen LogP contribution < -0.4 is 5.32 Å². The van der Waals surface area contributed by atoms with Crippen LogP contribution in [0.5, 0.6) is 0 Å². The summed E-state index contributed by atoms with van der Waals surface area (Å²) in [5, 5.41) is 2.27. The molecule has 1 aromatic carbocycles. The van der Waals surface area contributed by atoms with Gasteiger partial charge in [0, 0.05) is 11.3 Å². The van der Waals surface area contributed by atoms with E-state index in [2.05, 4.69) is 5.32 Å². The smallest absolute Gasteiger partial charge is 0.319 e. The molecule has 0 bridgehead atoms. The van der Waals surface area contributed by atoms with Crippen molar-refractivity contribution in [2.75, 3.05) is 11.9 Å². The maximum Gasteiger partial charge on any atom is 0.319 e. The minimum atomic E-state index is -0.611. The van der Waals surface area contributed by atoms with Gasteiger partial charge in [0.05, 0.1) is 17.3 Å². The lowest BCUT2D eigenvalue weighted by molar-refractivity contribution is -0.142. The van der Waals surface area contributed by atoms with Crippen molar-refractivity contribution in [1.29, 1.82) is 0 Å². The molecule has 1 rings (SSSR count). The minimum Gasteiger partial charge on any atom is -0.465 e. The number of carbonyl (C=O) groups is 2. The molecule has 4 nitrogen and oxygen atoms in total. The number of rotatable bonds is 8. The number of halogens is 2. The van der Waals surface area contributed by atoms with Crippen LogP contribution in [0.2, 0.25) is 5.02 Å². The molecule has 0 aliphatic rings. The number of hydrogen-bond acceptors (Lipinski definition) is 4. The van der Waals surface area contributed by atoms with Crippen molar-refractivity contribution in [2.24, 2.45) is 5.41 Å². The topological polar surface area (TPSA) is 55.4 Å². The maximum atomic E-state index is 14.1. The van der Waals surface area contributed by atoms with Crippen LogP contribution in [-0.2, 0) is 14.3 Å². The number of esters is 1. The lowest BCUT2D eigenvalue weighted by Crippen LogP contribution is -2.20. The van der Waals surface area contributed by atoms with Crippen molar-refractivity contribution >= 4 is 40.9 Å². The first-order valence-corrected chi connectivity index (χ1v) is 9.91. The van der Waals surface area contributed by atoms with Crippen LogP contribution in [0.1, 0.15) is 53.9 Å². The van der Waals surface area contributed by atoms with Crippen LogP contribution in [0, 0.1) is 11.2 Å². The SMILES string of the molecule is CCCCOC(=O)C(C)Sc1cc(NC(=O)CC(C)(C)C)c(F)cc1Cl. The molecule has 1 amide bonds. The Hall–Kier alpha value is -1.27. The highest BCUT2D eigenvalue weighted by molar-refractivity contribution is 8.00. The molecule has 1 aromatic rings. The molecule has 1 unspecified atom stereocenters. The molecule has 0 spiro atoms. The second-order valence-corrected chi connectivity index (χ2v) is 9.12. The van der Waals surface area contributed by atoms with E-state index in [4.69, 9.17) is 16.3 Å². The normalized spacial score (nSPS) is 12.6. The Labute approximate surface area is 164 Å². The predicted octanol–water partition coefficient (Wildman–Crippen LogP) is 5.68. The van der Waals surface area contributed by atoms with Gasteiger partial charge in [-0.25, -0.2) is 4.39 Å². The van der Waals surface area contributed by atoms with Crippen molar-refractivity contribution in [3.8, 4) is 0 Å². The van der Waals surface area contributed by atoms with E-state index in [9.17, 15) is 14.0 Å². The van der Waals surface area contributed by atoms with Crippen LogP contribution in [0.3, 0.4) is 0 Å². The zero-order chi connectivity index (χ0) is 19.9. The van der Waals surface area contributed by atoms with Crippen LogP contribution in [0.15, 0.2) is 17.0 Å². The first kappa shape index (κ1) is 22.8. The summed E-state index contributed by atoms with van der Waals surface area (Å²) in [6.45, 7) is 9.88. The Morgan fingerprint density at radius 2 is 2.00 bits per heavy atom. The highest BCUT2D eigenvalue weighted by Gasteiger charge is 2.21. The number of amides is 1. The number of nitrogens with one attached hydrogen (secondary N) is 1. The van der Waals surface area contributed by atoms with Crippen LogP contribution in [-0.4, -0.2) is 23.7 Å². The number of benzene rings is 1. The number of carbonyl (C=O) groups excluding carboxylic acids is 2. The second kappa shape index (κ2) is 10.2. The van der Waals surface area contributed by atoms with Gasteiger partial charge >= 0.3 is 5.97 Å². The predicted molar refractivity (Wildman–Crippen MR) is 105 cm³/mol. The molecule has 1 N–H and O–H groups in total. The van der Waals surface area contributed by atoms with E-state index in [0.717, 1.165) is 18.9 Å². The fourth-order valence-electron chi connectivity index (χ4n) is 2.06. The largest absolute Gasteiger partial charge is 0.465 e. The monoisotopic (exact) mass is 403 g/mol. The van der Waals surface area contributed by atoms with Gasteiger partial charge in [0.1, 0.15) is 11.1 Å². The molecule has 146 valence electrons. The molecule has 0 saturated carbocycles. The summed E-state index contributed by atoms with van der Waals surface area (Å²) in [7, 11) is 0. The van der Waals surface area contributed by atoms with Gasteiger partial charge in [-0.05, 0) is 30.9 Å². The summed E-state index contributed by atoms with van der Waals surface area (Å²) < 4.78 is 19.3. The zero-order valence-electron chi connectivity index (χ0n) is 15.9. The third-order valence-corrected chi connectivity index (χ3v) is 4.93. The molecule has 0 fully saturated rings. The maximum absolute atomic E-state index is 14.1. The summed E-state index contributed by atoms with van der Waals surface area (Å²) in [5.41, 5.74) is -0.154. The van der Waals surface area contributed by atoms with Crippen molar-refractivity contribution in [3.63, 3.8) is 0 Å². The third kappa shape index (κ3) is 7.96. The molecule has 0 aliphatic carbocycles. The van der Waals surface area contributed by atoms with E-state index >= 15 is 0 Å². The summed E-state index contributed by atoms with van der Waals surface area (Å²) in [6.07, 6.45) is 2.01. The van der Waals surface area contributed by atoms with Crippen LogP contribution >= 0.6 is 23.4 Å². The molecule has 0 aromatic heterocycles. The van der Waals surface area contributed by atoms with E-state index in [1.54, 1.807) is 6.92 Å². The van der Waals surface area contributed by atoms with Crippen molar-refractivity contribution < 1.29 is 18.7 Å². The highest BCUT2D eigenvalue weighted by atomic mass is 35.5. The number of hydrogen-bond donors (Lipinski definition) is 1. The molecule has 1 atom stereocenters. The Bertz CT molecular complexity index is 646. The second-order valence-electron chi connectivity index (χ2n) is 7.33. The van der Waals surface area contributed by atoms with E-state index in [-0.39, 0.29) is 34.4 Å². The van der Waals surface area contributed by atoms with E-state index in [1.165, 1.54) is 17.8 Å². The quantitative estimate of drug-likeness (QED) is 0.344. The van der Waals surface area contributed by atoms with Gasteiger partial charge in [-0.3, -0.25) is 9.59 Å². The summed E-state index contributed by atoms with van der Waals surface area (Å²) >= 11 is 7.27. The minimum absolute atomic E-state index is 0.0534. The standard InChI is InChI=1S/C19H27ClFNO3S/c1-6-7-8-25-18(24)12(2)26-16-10-15(14(21)9-13(16)20)22-17(23)11-19(3,4)5/h9-10,12H,6-8,11H2,1-5H3,(H,22,23). The summed E-state index contributed by atoms with van der Waals surface area (Å²) in [4.78, 5) is 24.6. The lowest BCUT2D eigenvalue weighted by Gasteiger charge is -2.18. The van der Waals surface area contributed by atoms with Gasteiger partial charge in [0.25, 0.3) is 0 Å². The first-order chi connectivity index (χ1) is 12.0. The first-order valence-electron chi connectivity index (χ1n) is 8.65. The fourth-order valence-corrected chi connectivity index (χ4v) is 3.25. The van der Waals surface area contributed by atoms with Gasteiger partial charge in [-0.1, -0.05) is 45.7 Å². The Balaban J connectivity index is 2.83. The highest BCUT2D eigenvalue weighted by Crippen LogP contribution is 2.35. The van der Waals surface area contributed by atoms with Crippen LogP contribution in [0.4, 0.5) is 10.1 Å². The average molecular weight is 404 g/mol. The molecule has 7 heteroatoms.